The highest BCUT2D eigenvalue weighted by Gasteiger charge is 2.25. The first-order valence-corrected chi connectivity index (χ1v) is 10.7. The summed E-state index contributed by atoms with van der Waals surface area (Å²) in [6.45, 7) is 4.07. The normalized spacial score (nSPS) is 11.4. The van der Waals surface area contributed by atoms with Gasteiger partial charge in [-0.05, 0) is 47.2 Å². The standard InChI is InChI=1S/C24H23N3O3S/c1-16(2)22(27-23(28)21-10-5-11-31-21)24(29)26-19-8-4-9-20(13-19)30-15-18-7-3-6-17(12-18)14-25/h3-13,16,22H,15H2,1-2H3,(H,26,29)(H,27,28). The van der Waals surface area contributed by atoms with Gasteiger partial charge in [-0.25, -0.2) is 0 Å². The fraction of sp³-hybridized carbons (Fsp3) is 0.208. The number of nitriles is 1. The van der Waals surface area contributed by atoms with Crippen LogP contribution in [0.25, 0.3) is 0 Å². The highest BCUT2D eigenvalue weighted by molar-refractivity contribution is 7.12. The van der Waals surface area contributed by atoms with Crippen molar-refractivity contribution in [1.29, 1.82) is 5.26 Å². The summed E-state index contributed by atoms with van der Waals surface area (Å²) >= 11 is 1.33. The summed E-state index contributed by atoms with van der Waals surface area (Å²) in [6, 6.07) is 19.2. The van der Waals surface area contributed by atoms with E-state index in [1.165, 1.54) is 11.3 Å². The molecule has 1 heterocycles. The van der Waals surface area contributed by atoms with Crippen LogP contribution in [0.3, 0.4) is 0 Å². The third-order valence-electron chi connectivity index (χ3n) is 4.54. The lowest BCUT2D eigenvalue weighted by molar-refractivity contribution is -0.118. The zero-order valence-corrected chi connectivity index (χ0v) is 18.1. The van der Waals surface area contributed by atoms with Gasteiger partial charge in [-0.15, -0.1) is 11.3 Å². The smallest absolute Gasteiger partial charge is 0.262 e. The van der Waals surface area contributed by atoms with Crippen LogP contribution < -0.4 is 15.4 Å². The monoisotopic (exact) mass is 433 g/mol. The lowest BCUT2D eigenvalue weighted by atomic mass is 10.0. The van der Waals surface area contributed by atoms with Crippen LogP contribution >= 0.6 is 11.3 Å². The Bertz CT molecular complexity index is 1090. The molecule has 0 spiro atoms. The molecule has 3 rings (SSSR count). The molecule has 2 N–H and O–H groups in total. The quantitative estimate of drug-likeness (QED) is 0.543. The van der Waals surface area contributed by atoms with Crippen molar-refractivity contribution < 1.29 is 14.3 Å². The van der Waals surface area contributed by atoms with Crippen molar-refractivity contribution in [2.24, 2.45) is 5.92 Å². The van der Waals surface area contributed by atoms with E-state index in [9.17, 15) is 9.59 Å². The van der Waals surface area contributed by atoms with Gasteiger partial charge in [0.2, 0.25) is 5.91 Å². The summed E-state index contributed by atoms with van der Waals surface area (Å²) in [7, 11) is 0. The number of rotatable bonds is 8. The fourth-order valence-corrected chi connectivity index (χ4v) is 3.56. The molecule has 1 unspecified atom stereocenters. The largest absolute Gasteiger partial charge is 0.489 e. The third-order valence-corrected chi connectivity index (χ3v) is 5.41. The van der Waals surface area contributed by atoms with E-state index < -0.39 is 6.04 Å². The molecule has 7 heteroatoms. The summed E-state index contributed by atoms with van der Waals surface area (Å²) in [5, 5.41) is 16.5. The number of hydrogen-bond acceptors (Lipinski definition) is 5. The Kier molecular flexibility index (Phi) is 7.41. The molecule has 31 heavy (non-hydrogen) atoms. The molecule has 0 aliphatic rings. The summed E-state index contributed by atoms with van der Waals surface area (Å²) in [5.74, 6) is -0.0565. The summed E-state index contributed by atoms with van der Waals surface area (Å²) < 4.78 is 5.81. The Hall–Kier alpha value is -3.63. The van der Waals surface area contributed by atoms with Gasteiger partial charge in [0, 0.05) is 11.8 Å². The molecule has 0 saturated carbocycles. The molecule has 2 aromatic carbocycles. The van der Waals surface area contributed by atoms with Crippen molar-refractivity contribution >= 4 is 28.8 Å². The number of ether oxygens (including phenoxy) is 1. The molecule has 0 aliphatic heterocycles. The molecule has 2 amide bonds. The second-order valence-electron chi connectivity index (χ2n) is 7.29. The lowest BCUT2D eigenvalue weighted by Crippen LogP contribution is -2.46. The van der Waals surface area contributed by atoms with Crippen LogP contribution in [-0.2, 0) is 11.4 Å². The van der Waals surface area contributed by atoms with E-state index in [1.54, 1.807) is 48.5 Å². The number of carbonyl (C=O) groups excluding carboxylic acids is 2. The Labute approximate surface area is 185 Å². The number of anilines is 1. The van der Waals surface area contributed by atoms with E-state index in [4.69, 9.17) is 10.00 Å². The Morgan fingerprint density at radius 1 is 1.10 bits per heavy atom. The first kappa shape index (κ1) is 22.1. The van der Waals surface area contributed by atoms with Crippen molar-refractivity contribution in [3.05, 3.63) is 82.0 Å². The van der Waals surface area contributed by atoms with Gasteiger partial charge in [0.25, 0.3) is 5.91 Å². The van der Waals surface area contributed by atoms with Crippen molar-refractivity contribution in [3.63, 3.8) is 0 Å². The topological polar surface area (TPSA) is 91.2 Å². The van der Waals surface area contributed by atoms with Gasteiger partial charge in [-0.3, -0.25) is 9.59 Å². The number of carbonyl (C=O) groups is 2. The Morgan fingerprint density at radius 2 is 1.90 bits per heavy atom. The first-order chi connectivity index (χ1) is 15.0. The van der Waals surface area contributed by atoms with Crippen LogP contribution in [-0.4, -0.2) is 17.9 Å². The van der Waals surface area contributed by atoms with Crippen LogP contribution in [0.15, 0.2) is 66.0 Å². The van der Waals surface area contributed by atoms with Crippen LogP contribution in [0.4, 0.5) is 5.69 Å². The molecule has 0 saturated heterocycles. The van der Waals surface area contributed by atoms with Gasteiger partial charge < -0.3 is 15.4 Å². The van der Waals surface area contributed by atoms with Crippen molar-refractivity contribution in [2.45, 2.75) is 26.5 Å². The second kappa shape index (κ2) is 10.4. The summed E-state index contributed by atoms with van der Waals surface area (Å²) in [4.78, 5) is 25.8. The SMILES string of the molecule is CC(C)C(NC(=O)c1cccs1)C(=O)Nc1cccc(OCc2cccc(C#N)c2)c1. The lowest BCUT2D eigenvalue weighted by Gasteiger charge is -2.21. The number of nitrogens with one attached hydrogen (secondary N) is 2. The predicted molar refractivity (Wildman–Crippen MR) is 121 cm³/mol. The number of hydrogen-bond donors (Lipinski definition) is 2. The van der Waals surface area contributed by atoms with Crippen molar-refractivity contribution in [2.75, 3.05) is 5.32 Å². The molecule has 0 aliphatic carbocycles. The molecule has 6 nitrogen and oxygen atoms in total. The number of nitrogens with zero attached hydrogens (tertiary/aromatic N) is 1. The summed E-state index contributed by atoms with van der Waals surface area (Å²) in [5.41, 5.74) is 2.03. The van der Waals surface area contributed by atoms with E-state index in [2.05, 4.69) is 16.7 Å². The van der Waals surface area contributed by atoms with Gasteiger partial charge >= 0.3 is 0 Å². The van der Waals surface area contributed by atoms with E-state index in [-0.39, 0.29) is 17.7 Å². The molecule has 0 bridgehead atoms. The second-order valence-corrected chi connectivity index (χ2v) is 8.24. The predicted octanol–water partition coefficient (Wildman–Crippen LogP) is 4.59. The molecule has 158 valence electrons. The van der Waals surface area contributed by atoms with Crippen molar-refractivity contribution in [1.82, 2.24) is 5.32 Å². The van der Waals surface area contributed by atoms with E-state index in [1.807, 2.05) is 31.4 Å². The molecule has 1 atom stereocenters. The van der Waals surface area contributed by atoms with Crippen LogP contribution in [0, 0.1) is 17.2 Å². The number of amides is 2. The minimum absolute atomic E-state index is 0.0873. The van der Waals surface area contributed by atoms with Crippen LogP contribution in [0.2, 0.25) is 0 Å². The molecular formula is C24H23N3O3S. The van der Waals surface area contributed by atoms with Crippen LogP contribution in [0.1, 0.15) is 34.6 Å². The van der Waals surface area contributed by atoms with E-state index in [0.29, 0.717) is 28.5 Å². The summed E-state index contributed by atoms with van der Waals surface area (Å²) in [6.07, 6.45) is 0. The fourth-order valence-electron chi connectivity index (χ4n) is 2.94. The molecule has 0 fully saturated rings. The number of benzene rings is 2. The average Bonchev–Trinajstić information content (AvgIpc) is 3.31. The Morgan fingerprint density at radius 3 is 2.61 bits per heavy atom. The van der Waals surface area contributed by atoms with E-state index >= 15 is 0 Å². The van der Waals surface area contributed by atoms with Crippen molar-refractivity contribution in [3.8, 4) is 11.8 Å². The molecular weight excluding hydrogens is 410 g/mol. The van der Waals surface area contributed by atoms with Crippen LogP contribution in [0.5, 0.6) is 5.75 Å². The highest BCUT2D eigenvalue weighted by atomic mass is 32.1. The Balaban J connectivity index is 1.63. The zero-order valence-electron chi connectivity index (χ0n) is 17.3. The van der Waals surface area contributed by atoms with Gasteiger partial charge in [-0.1, -0.05) is 38.1 Å². The first-order valence-electron chi connectivity index (χ1n) is 9.83. The minimum atomic E-state index is -0.673. The minimum Gasteiger partial charge on any atom is -0.489 e. The van der Waals surface area contributed by atoms with Gasteiger partial charge in [0.15, 0.2) is 0 Å². The van der Waals surface area contributed by atoms with Gasteiger partial charge in [0.1, 0.15) is 18.4 Å². The third kappa shape index (κ3) is 6.17. The van der Waals surface area contributed by atoms with E-state index in [0.717, 1.165) is 5.56 Å². The zero-order chi connectivity index (χ0) is 22.2. The molecule has 3 aromatic rings. The number of thiophene rings is 1. The maximum absolute atomic E-state index is 12.8. The molecule has 0 radical (unpaired) electrons. The molecule has 1 aromatic heterocycles. The maximum Gasteiger partial charge on any atom is 0.262 e. The van der Waals surface area contributed by atoms with Gasteiger partial charge in [-0.2, -0.15) is 5.26 Å². The van der Waals surface area contributed by atoms with Gasteiger partial charge in [0.05, 0.1) is 16.5 Å². The maximum atomic E-state index is 12.8. The highest BCUT2D eigenvalue weighted by Crippen LogP contribution is 2.20. The average molecular weight is 434 g/mol.